The Labute approximate surface area is 188 Å². The van der Waals surface area contributed by atoms with Crippen LogP contribution in [0.2, 0.25) is 0 Å². The highest BCUT2D eigenvalue weighted by atomic mass is 16.3. The summed E-state index contributed by atoms with van der Waals surface area (Å²) in [6.45, 7) is 1.42. The average molecular weight is 449 g/mol. The average Bonchev–Trinajstić information content (AvgIpc) is 3.27. The molecule has 0 aromatic carbocycles. The standard InChI is InChI=1S/C22H34N4O3.CH2O2/c27-19-9-5-16(6-10-19)25-21(28)12-17-7-8-18(26(17)14-15-3-4-15)13-24-22(29)20-2-1-11-23-20;2-1-3/h1-2,11,15-19,23,27H,3-10,12-14H2,(H,24,29)(H,25,28);1H,(H,2,3)/t16?,17-,18+,19?;/m1./s1. The van der Waals surface area contributed by atoms with Gasteiger partial charge in [0, 0.05) is 43.8 Å². The molecular formula is C23H36N4O5. The zero-order valence-electron chi connectivity index (χ0n) is 18.5. The zero-order chi connectivity index (χ0) is 22.9. The maximum atomic E-state index is 12.6. The number of nitrogens with zero attached hydrogens (tertiary/aromatic N) is 1. The van der Waals surface area contributed by atoms with E-state index in [9.17, 15) is 14.7 Å². The molecule has 178 valence electrons. The van der Waals surface area contributed by atoms with Crippen molar-refractivity contribution in [1.82, 2.24) is 20.5 Å². The van der Waals surface area contributed by atoms with Gasteiger partial charge in [-0.25, -0.2) is 0 Å². The molecule has 1 aromatic heterocycles. The summed E-state index contributed by atoms with van der Waals surface area (Å²) in [4.78, 5) is 38.7. The van der Waals surface area contributed by atoms with E-state index in [0.717, 1.165) is 51.0 Å². The molecule has 1 saturated heterocycles. The third-order valence-corrected chi connectivity index (χ3v) is 6.76. The lowest BCUT2D eigenvalue weighted by Crippen LogP contribution is -2.46. The van der Waals surface area contributed by atoms with E-state index in [0.29, 0.717) is 24.7 Å². The van der Waals surface area contributed by atoms with E-state index < -0.39 is 0 Å². The van der Waals surface area contributed by atoms with Crippen molar-refractivity contribution in [3.8, 4) is 0 Å². The molecule has 32 heavy (non-hydrogen) atoms. The van der Waals surface area contributed by atoms with Gasteiger partial charge in [-0.15, -0.1) is 0 Å². The smallest absolute Gasteiger partial charge is 0.290 e. The Morgan fingerprint density at radius 2 is 1.78 bits per heavy atom. The SMILES string of the molecule is O=C(C[C@H]1CC[C@@H](CNC(=O)c2ccc[nH]2)N1CC1CC1)NC1CCC(O)CC1.O=CO. The number of aromatic nitrogens is 1. The van der Waals surface area contributed by atoms with Crippen molar-refractivity contribution in [1.29, 1.82) is 0 Å². The summed E-state index contributed by atoms with van der Waals surface area (Å²) in [6, 6.07) is 4.38. The first-order valence-electron chi connectivity index (χ1n) is 11.7. The van der Waals surface area contributed by atoms with Crippen molar-refractivity contribution >= 4 is 18.3 Å². The van der Waals surface area contributed by atoms with Gasteiger partial charge in [0.2, 0.25) is 5.91 Å². The molecule has 2 heterocycles. The van der Waals surface area contributed by atoms with Gasteiger partial charge in [0.1, 0.15) is 5.69 Å². The number of carbonyl (C=O) groups excluding carboxylic acids is 2. The van der Waals surface area contributed by atoms with Crippen LogP contribution in [0.15, 0.2) is 18.3 Å². The molecule has 0 spiro atoms. The molecule has 1 aromatic rings. The molecule has 2 saturated carbocycles. The molecule has 3 aliphatic rings. The maximum Gasteiger partial charge on any atom is 0.290 e. The van der Waals surface area contributed by atoms with Crippen LogP contribution in [-0.2, 0) is 9.59 Å². The predicted molar refractivity (Wildman–Crippen MR) is 119 cm³/mol. The second-order valence-electron chi connectivity index (χ2n) is 9.20. The van der Waals surface area contributed by atoms with Gasteiger partial charge in [0.05, 0.1) is 6.10 Å². The third kappa shape index (κ3) is 7.34. The first-order valence-corrected chi connectivity index (χ1v) is 11.7. The predicted octanol–water partition coefficient (Wildman–Crippen LogP) is 1.50. The Hall–Kier alpha value is -2.39. The number of hydrogen-bond donors (Lipinski definition) is 5. The second kappa shape index (κ2) is 12.0. The first-order chi connectivity index (χ1) is 15.5. The number of hydrogen-bond acceptors (Lipinski definition) is 5. The number of H-pyrrole nitrogens is 1. The summed E-state index contributed by atoms with van der Waals surface area (Å²) < 4.78 is 0. The number of likely N-dealkylation sites (tertiary alicyclic amines) is 1. The molecule has 2 amide bonds. The van der Waals surface area contributed by atoms with E-state index in [1.165, 1.54) is 12.8 Å². The van der Waals surface area contributed by atoms with Crippen LogP contribution in [0.4, 0.5) is 0 Å². The van der Waals surface area contributed by atoms with Gasteiger partial charge in [0.25, 0.3) is 12.4 Å². The van der Waals surface area contributed by atoms with Crippen molar-refractivity contribution in [3.63, 3.8) is 0 Å². The van der Waals surface area contributed by atoms with Crippen LogP contribution in [-0.4, -0.2) is 75.7 Å². The number of aliphatic hydroxyl groups excluding tert-OH is 1. The second-order valence-corrected chi connectivity index (χ2v) is 9.20. The van der Waals surface area contributed by atoms with Gasteiger partial charge < -0.3 is 25.8 Å². The molecule has 4 rings (SSSR count). The Bertz CT molecular complexity index is 729. The maximum absolute atomic E-state index is 12.6. The number of aromatic amines is 1. The molecule has 3 fully saturated rings. The van der Waals surface area contributed by atoms with Crippen molar-refractivity contribution in [2.75, 3.05) is 13.1 Å². The van der Waals surface area contributed by atoms with Crippen molar-refractivity contribution in [2.24, 2.45) is 5.92 Å². The van der Waals surface area contributed by atoms with Crippen LogP contribution in [0.3, 0.4) is 0 Å². The number of aliphatic hydroxyl groups is 1. The van der Waals surface area contributed by atoms with Crippen LogP contribution >= 0.6 is 0 Å². The number of amides is 2. The number of nitrogens with one attached hydrogen (secondary N) is 3. The van der Waals surface area contributed by atoms with Gasteiger partial charge in [-0.2, -0.15) is 0 Å². The molecule has 2 aliphatic carbocycles. The van der Waals surface area contributed by atoms with Crippen molar-refractivity contribution in [3.05, 3.63) is 24.0 Å². The van der Waals surface area contributed by atoms with E-state index in [4.69, 9.17) is 9.90 Å². The number of carboxylic acid groups (broad SMARTS) is 1. The van der Waals surface area contributed by atoms with Gasteiger partial charge in [-0.05, 0) is 69.4 Å². The van der Waals surface area contributed by atoms with Crippen LogP contribution in [0, 0.1) is 5.92 Å². The van der Waals surface area contributed by atoms with Crippen LogP contribution in [0.1, 0.15) is 68.3 Å². The van der Waals surface area contributed by atoms with E-state index in [2.05, 4.69) is 20.5 Å². The van der Waals surface area contributed by atoms with Gasteiger partial charge in [-0.1, -0.05) is 0 Å². The Balaban J connectivity index is 0.000000913. The largest absolute Gasteiger partial charge is 0.483 e. The molecular weight excluding hydrogens is 412 g/mol. The molecule has 0 radical (unpaired) electrons. The van der Waals surface area contributed by atoms with Crippen LogP contribution in [0.5, 0.6) is 0 Å². The third-order valence-electron chi connectivity index (χ3n) is 6.76. The highest BCUT2D eigenvalue weighted by Gasteiger charge is 2.38. The minimum Gasteiger partial charge on any atom is -0.483 e. The quantitative estimate of drug-likeness (QED) is 0.383. The molecule has 0 bridgehead atoms. The first kappa shape index (κ1) is 24.3. The lowest BCUT2D eigenvalue weighted by molar-refractivity contribution is -0.124. The Kier molecular flexibility index (Phi) is 9.11. The summed E-state index contributed by atoms with van der Waals surface area (Å²) in [5, 5.41) is 22.8. The van der Waals surface area contributed by atoms with Crippen LogP contribution in [0.25, 0.3) is 0 Å². The Morgan fingerprint density at radius 3 is 2.41 bits per heavy atom. The lowest BCUT2D eigenvalue weighted by atomic mass is 9.93. The summed E-state index contributed by atoms with van der Waals surface area (Å²) in [5.74, 6) is 0.815. The van der Waals surface area contributed by atoms with Gasteiger partial charge >= 0.3 is 0 Å². The van der Waals surface area contributed by atoms with Gasteiger partial charge in [0.15, 0.2) is 0 Å². The van der Waals surface area contributed by atoms with Crippen molar-refractivity contribution in [2.45, 2.75) is 82.0 Å². The minimum atomic E-state index is -0.250. The normalized spacial score (nSPS) is 27.8. The lowest BCUT2D eigenvalue weighted by Gasteiger charge is -2.31. The zero-order valence-corrected chi connectivity index (χ0v) is 18.5. The fraction of sp³-hybridized carbons (Fsp3) is 0.696. The monoisotopic (exact) mass is 448 g/mol. The molecule has 5 N–H and O–H groups in total. The topological polar surface area (TPSA) is 135 Å². The summed E-state index contributed by atoms with van der Waals surface area (Å²) in [5.41, 5.74) is 0.588. The fourth-order valence-corrected chi connectivity index (χ4v) is 4.85. The van der Waals surface area contributed by atoms with E-state index in [-0.39, 0.29) is 36.5 Å². The number of rotatable bonds is 8. The summed E-state index contributed by atoms with van der Waals surface area (Å²) >= 11 is 0. The molecule has 0 unspecified atom stereocenters. The van der Waals surface area contributed by atoms with Crippen molar-refractivity contribution < 1.29 is 24.6 Å². The summed E-state index contributed by atoms with van der Waals surface area (Å²) in [6.07, 6.45) is 9.98. The molecule has 9 nitrogen and oxygen atoms in total. The minimum absolute atomic E-state index is 0.0675. The fourth-order valence-electron chi connectivity index (χ4n) is 4.85. The summed E-state index contributed by atoms with van der Waals surface area (Å²) in [7, 11) is 0. The Morgan fingerprint density at radius 1 is 1.09 bits per heavy atom. The highest BCUT2D eigenvalue weighted by molar-refractivity contribution is 5.92. The molecule has 9 heteroatoms. The van der Waals surface area contributed by atoms with E-state index >= 15 is 0 Å². The van der Waals surface area contributed by atoms with Crippen LogP contribution < -0.4 is 10.6 Å². The van der Waals surface area contributed by atoms with E-state index in [1.807, 2.05) is 6.07 Å². The van der Waals surface area contributed by atoms with Gasteiger partial charge in [-0.3, -0.25) is 19.3 Å². The number of carbonyl (C=O) groups is 3. The molecule has 1 aliphatic heterocycles. The highest BCUT2D eigenvalue weighted by Crippen LogP contribution is 2.35. The molecule has 2 atom stereocenters. The van der Waals surface area contributed by atoms with E-state index in [1.54, 1.807) is 12.3 Å².